The molecule has 140 valence electrons. The molecule has 2 rings (SSSR count). The Bertz CT molecular complexity index is 525. The van der Waals surface area contributed by atoms with Crippen LogP contribution in [-0.4, -0.2) is 82.8 Å². The first-order valence-electron chi connectivity index (χ1n) is 9.05. The Hall–Kier alpha value is -1.63. The second-order valence-electron chi connectivity index (χ2n) is 6.78. The van der Waals surface area contributed by atoms with Crippen molar-refractivity contribution in [2.45, 2.75) is 13.0 Å². The molecule has 1 aliphatic heterocycles. The zero-order valence-corrected chi connectivity index (χ0v) is 16.0. The van der Waals surface area contributed by atoms with Crippen molar-refractivity contribution < 1.29 is 9.53 Å². The molecule has 1 saturated heterocycles. The summed E-state index contributed by atoms with van der Waals surface area (Å²) in [5.41, 5.74) is 2.42. The van der Waals surface area contributed by atoms with E-state index >= 15 is 0 Å². The normalized spacial score (nSPS) is 17.3. The molecule has 1 aromatic carbocycles. The summed E-state index contributed by atoms with van der Waals surface area (Å²) in [6, 6.07) is 8.82. The van der Waals surface area contributed by atoms with Gasteiger partial charge in [-0.05, 0) is 31.7 Å². The number of ether oxygens (including phenoxy) is 1. The Balaban J connectivity index is 2.06. The van der Waals surface area contributed by atoms with Gasteiger partial charge >= 0.3 is 0 Å². The minimum Gasteiger partial charge on any atom is -0.378 e. The molecule has 1 fully saturated rings. The number of rotatable bonds is 8. The zero-order chi connectivity index (χ0) is 18.2. The SMILES string of the molecule is CCOCC(=O)NC[C@H](c1ccc(N(C)C)cc1)N1CCN(C)CC1. The second-order valence-corrected chi connectivity index (χ2v) is 6.78. The van der Waals surface area contributed by atoms with Crippen molar-refractivity contribution >= 4 is 11.6 Å². The zero-order valence-electron chi connectivity index (χ0n) is 16.0. The lowest BCUT2D eigenvalue weighted by atomic mass is 10.0. The Labute approximate surface area is 151 Å². The molecular weight excluding hydrogens is 316 g/mol. The van der Waals surface area contributed by atoms with Crippen LogP contribution in [0.5, 0.6) is 0 Å². The van der Waals surface area contributed by atoms with Gasteiger partial charge in [-0.25, -0.2) is 0 Å². The van der Waals surface area contributed by atoms with E-state index in [-0.39, 0.29) is 18.6 Å². The van der Waals surface area contributed by atoms with Crippen molar-refractivity contribution in [3.63, 3.8) is 0 Å². The number of nitrogens with zero attached hydrogens (tertiary/aromatic N) is 3. The summed E-state index contributed by atoms with van der Waals surface area (Å²) in [7, 11) is 6.24. The van der Waals surface area contributed by atoms with E-state index in [2.05, 4.69) is 51.3 Å². The van der Waals surface area contributed by atoms with Crippen LogP contribution in [0.4, 0.5) is 5.69 Å². The summed E-state index contributed by atoms with van der Waals surface area (Å²) in [5.74, 6) is -0.0501. The lowest BCUT2D eigenvalue weighted by Gasteiger charge is -2.38. The third kappa shape index (κ3) is 5.99. The van der Waals surface area contributed by atoms with Gasteiger partial charge in [0.2, 0.25) is 5.91 Å². The van der Waals surface area contributed by atoms with Crippen LogP contribution < -0.4 is 10.2 Å². The topological polar surface area (TPSA) is 48.1 Å². The van der Waals surface area contributed by atoms with E-state index in [1.165, 1.54) is 11.3 Å². The first kappa shape index (κ1) is 19.7. The van der Waals surface area contributed by atoms with Gasteiger partial charge < -0.3 is 19.9 Å². The third-order valence-corrected chi connectivity index (χ3v) is 4.70. The number of amides is 1. The number of carbonyl (C=O) groups is 1. The highest BCUT2D eigenvalue weighted by molar-refractivity contribution is 5.77. The number of carbonyl (C=O) groups excluding carboxylic acids is 1. The highest BCUT2D eigenvalue weighted by Gasteiger charge is 2.24. The molecule has 1 N–H and O–H groups in total. The van der Waals surface area contributed by atoms with Gasteiger partial charge in [-0.15, -0.1) is 0 Å². The number of anilines is 1. The molecule has 0 radical (unpaired) electrons. The average Bonchev–Trinajstić information content (AvgIpc) is 2.62. The summed E-state index contributed by atoms with van der Waals surface area (Å²) < 4.78 is 5.20. The number of likely N-dealkylation sites (N-methyl/N-ethyl adjacent to an activating group) is 1. The van der Waals surface area contributed by atoms with Crippen molar-refractivity contribution in [2.75, 3.05) is 72.0 Å². The molecule has 0 spiro atoms. The highest BCUT2D eigenvalue weighted by atomic mass is 16.5. The van der Waals surface area contributed by atoms with Gasteiger partial charge in [-0.1, -0.05) is 12.1 Å². The molecule has 0 aliphatic carbocycles. The molecule has 25 heavy (non-hydrogen) atoms. The largest absolute Gasteiger partial charge is 0.378 e. The van der Waals surface area contributed by atoms with Crippen molar-refractivity contribution in [3.8, 4) is 0 Å². The Morgan fingerprint density at radius 3 is 2.40 bits per heavy atom. The lowest BCUT2D eigenvalue weighted by molar-refractivity contribution is -0.125. The number of hydrogen-bond donors (Lipinski definition) is 1. The molecule has 1 aliphatic rings. The van der Waals surface area contributed by atoms with Crippen LogP contribution >= 0.6 is 0 Å². The number of benzene rings is 1. The summed E-state index contributed by atoms with van der Waals surface area (Å²) in [5, 5.41) is 3.03. The fourth-order valence-corrected chi connectivity index (χ4v) is 3.04. The first-order chi connectivity index (χ1) is 12.0. The predicted molar refractivity (Wildman–Crippen MR) is 102 cm³/mol. The highest BCUT2D eigenvalue weighted by Crippen LogP contribution is 2.24. The van der Waals surface area contributed by atoms with Crippen LogP contribution in [0.25, 0.3) is 0 Å². The molecule has 0 bridgehead atoms. The molecule has 6 heteroatoms. The Morgan fingerprint density at radius 2 is 1.84 bits per heavy atom. The van der Waals surface area contributed by atoms with Crippen LogP contribution in [-0.2, 0) is 9.53 Å². The third-order valence-electron chi connectivity index (χ3n) is 4.70. The van der Waals surface area contributed by atoms with Crippen molar-refractivity contribution in [3.05, 3.63) is 29.8 Å². The molecule has 1 heterocycles. The molecule has 0 unspecified atom stereocenters. The van der Waals surface area contributed by atoms with Crippen LogP contribution in [0.3, 0.4) is 0 Å². The van der Waals surface area contributed by atoms with Crippen LogP contribution in [0.15, 0.2) is 24.3 Å². The van der Waals surface area contributed by atoms with E-state index in [0.29, 0.717) is 13.2 Å². The molecular formula is C19H32N4O2. The van der Waals surface area contributed by atoms with E-state index < -0.39 is 0 Å². The van der Waals surface area contributed by atoms with E-state index in [1.807, 2.05) is 21.0 Å². The fraction of sp³-hybridized carbons (Fsp3) is 0.632. The van der Waals surface area contributed by atoms with E-state index in [9.17, 15) is 4.79 Å². The predicted octanol–water partition coefficient (Wildman–Crippen LogP) is 1.19. The van der Waals surface area contributed by atoms with Crippen molar-refractivity contribution in [1.82, 2.24) is 15.1 Å². The molecule has 1 amide bonds. The summed E-state index contributed by atoms with van der Waals surface area (Å²) in [6.07, 6.45) is 0. The Kier molecular flexibility index (Phi) is 7.68. The second kappa shape index (κ2) is 9.75. The minimum atomic E-state index is -0.0501. The van der Waals surface area contributed by atoms with Crippen LogP contribution in [0, 0.1) is 0 Å². The quantitative estimate of drug-likeness (QED) is 0.765. The van der Waals surface area contributed by atoms with Gasteiger partial charge in [0.1, 0.15) is 6.61 Å². The lowest BCUT2D eigenvalue weighted by Crippen LogP contribution is -2.48. The number of nitrogens with one attached hydrogen (secondary N) is 1. The maximum absolute atomic E-state index is 11.9. The van der Waals surface area contributed by atoms with Crippen molar-refractivity contribution in [2.24, 2.45) is 0 Å². The number of piperazine rings is 1. The number of hydrogen-bond acceptors (Lipinski definition) is 5. The summed E-state index contributed by atoms with van der Waals surface area (Å²) in [6.45, 7) is 7.32. The van der Waals surface area contributed by atoms with E-state index in [1.54, 1.807) is 0 Å². The minimum absolute atomic E-state index is 0.0501. The standard InChI is InChI=1S/C19H32N4O2/c1-5-25-15-19(24)20-14-18(23-12-10-22(4)11-13-23)16-6-8-17(9-7-16)21(2)3/h6-9,18H,5,10-15H2,1-4H3,(H,20,24)/t18-/m1/s1. The van der Waals surface area contributed by atoms with E-state index in [4.69, 9.17) is 4.74 Å². The van der Waals surface area contributed by atoms with Crippen LogP contribution in [0.1, 0.15) is 18.5 Å². The fourth-order valence-electron chi connectivity index (χ4n) is 3.04. The summed E-state index contributed by atoms with van der Waals surface area (Å²) >= 11 is 0. The van der Waals surface area contributed by atoms with Gasteiger partial charge in [0.15, 0.2) is 0 Å². The van der Waals surface area contributed by atoms with Gasteiger partial charge in [-0.3, -0.25) is 9.69 Å². The van der Waals surface area contributed by atoms with Crippen molar-refractivity contribution in [1.29, 1.82) is 0 Å². The molecule has 1 atom stereocenters. The van der Waals surface area contributed by atoms with Crippen LogP contribution in [0.2, 0.25) is 0 Å². The Morgan fingerprint density at radius 1 is 1.20 bits per heavy atom. The molecule has 0 saturated carbocycles. The molecule has 1 aromatic rings. The smallest absolute Gasteiger partial charge is 0.246 e. The first-order valence-corrected chi connectivity index (χ1v) is 9.05. The average molecular weight is 348 g/mol. The van der Waals surface area contributed by atoms with E-state index in [0.717, 1.165) is 26.2 Å². The van der Waals surface area contributed by atoms with Gasteiger partial charge in [0.05, 0.1) is 6.04 Å². The van der Waals surface area contributed by atoms with Gasteiger partial charge in [0.25, 0.3) is 0 Å². The molecule has 6 nitrogen and oxygen atoms in total. The van der Waals surface area contributed by atoms with Gasteiger partial charge in [0, 0.05) is 59.1 Å². The molecule has 0 aromatic heterocycles. The summed E-state index contributed by atoms with van der Waals surface area (Å²) in [4.78, 5) is 18.8. The maximum Gasteiger partial charge on any atom is 0.246 e. The monoisotopic (exact) mass is 348 g/mol. The maximum atomic E-state index is 11.9. The van der Waals surface area contributed by atoms with Gasteiger partial charge in [-0.2, -0.15) is 0 Å².